The summed E-state index contributed by atoms with van der Waals surface area (Å²) in [5, 5.41) is 0. The van der Waals surface area contributed by atoms with E-state index in [1.54, 1.807) is 19.2 Å². The van der Waals surface area contributed by atoms with E-state index in [-0.39, 0.29) is 5.78 Å². The van der Waals surface area contributed by atoms with Gasteiger partial charge < -0.3 is 4.84 Å². The number of ketones is 1. The van der Waals surface area contributed by atoms with E-state index < -0.39 is 0 Å². The zero-order valence-corrected chi connectivity index (χ0v) is 7.00. The van der Waals surface area contributed by atoms with E-state index in [1.807, 2.05) is 0 Å². The van der Waals surface area contributed by atoms with Gasteiger partial charge in [0, 0.05) is 14.0 Å². The molecule has 0 radical (unpaired) electrons. The number of carbonyl (C=O) groups excluding carboxylic acids is 1. The van der Waals surface area contributed by atoms with Crippen LogP contribution in [0.3, 0.4) is 0 Å². The van der Waals surface area contributed by atoms with Crippen molar-refractivity contribution in [2.45, 2.75) is 6.92 Å². The minimum atomic E-state index is -0.0500. The van der Waals surface area contributed by atoms with Gasteiger partial charge in [0.05, 0.1) is 6.20 Å². The molecule has 0 aliphatic heterocycles. The molecule has 4 heteroatoms. The number of Topliss-reactive ketones (excluding diaryl/α,β-unsaturated/α-hetero) is 1. The van der Waals surface area contributed by atoms with Crippen LogP contribution in [0.5, 0.6) is 5.75 Å². The maximum atomic E-state index is 10.8. The van der Waals surface area contributed by atoms with Crippen LogP contribution in [0.1, 0.15) is 17.4 Å². The van der Waals surface area contributed by atoms with E-state index in [2.05, 4.69) is 10.5 Å². The molecule has 0 aromatic carbocycles. The van der Waals surface area contributed by atoms with Gasteiger partial charge in [0.2, 0.25) is 0 Å². The lowest BCUT2D eigenvalue weighted by Gasteiger charge is -2.01. The summed E-state index contributed by atoms with van der Waals surface area (Å²) in [6.07, 6.45) is 1.49. The Balaban J connectivity index is 2.78. The molecule has 0 atom stereocenters. The first-order valence-electron chi connectivity index (χ1n) is 3.54. The highest BCUT2D eigenvalue weighted by atomic mass is 16.6. The fourth-order valence-corrected chi connectivity index (χ4v) is 0.767. The Morgan fingerprint density at radius 1 is 1.58 bits per heavy atom. The molecule has 0 aliphatic rings. The van der Waals surface area contributed by atoms with Crippen LogP contribution in [0.15, 0.2) is 18.3 Å². The summed E-state index contributed by atoms with van der Waals surface area (Å²) in [6.45, 7) is 1.47. The normalized spacial score (nSPS) is 9.50. The molecule has 1 rings (SSSR count). The van der Waals surface area contributed by atoms with Crippen molar-refractivity contribution in [3.8, 4) is 5.75 Å². The van der Waals surface area contributed by atoms with Crippen LogP contribution in [0.25, 0.3) is 0 Å². The topological polar surface area (TPSA) is 51.2 Å². The summed E-state index contributed by atoms with van der Waals surface area (Å²) in [5.74, 6) is 0.536. The van der Waals surface area contributed by atoms with Gasteiger partial charge in [-0.15, -0.1) is 0 Å². The predicted molar refractivity (Wildman–Crippen MR) is 43.9 cm³/mol. The van der Waals surface area contributed by atoms with Gasteiger partial charge in [-0.3, -0.25) is 4.79 Å². The smallest absolute Gasteiger partial charge is 0.178 e. The number of aromatic nitrogens is 1. The number of hydrogen-bond donors (Lipinski definition) is 1. The predicted octanol–water partition coefficient (Wildman–Crippen LogP) is 0.797. The number of hydrogen-bond acceptors (Lipinski definition) is 4. The molecule has 1 aromatic rings. The molecule has 1 aromatic heterocycles. The number of carbonyl (C=O) groups is 1. The standard InChI is InChI=1S/C8H10N2O2/c1-6(11)8-4-3-7(5-10-8)12-9-2/h3-5,9H,1-2H3. The number of rotatable bonds is 3. The van der Waals surface area contributed by atoms with Gasteiger partial charge >= 0.3 is 0 Å². The van der Waals surface area contributed by atoms with Crippen LogP contribution in [-0.2, 0) is 0 Å². The van der Waals surface area contributed by atoms with Gasteiger partial charge in [-0.1, -0.05) is 0 Å². The Morgan fingerprint density at radius 3 is 2.75 bits per heavy atom. The molecule has 1 heterocycles. The van der Waals surface area contributed by atoms with Gasteiger partial charge in [0.1, 0.15) is 5.69 Å². The molecule has 0 saturated heterocycles. The molecule has 0 spiro atoms. The van der Waals surface area contributed by atoms with Crippen LogP contribution < -0.4 is 10.3 Å². The molecule has 0 bridgehead atoms. The first-order valence-corrected chi connectivity index (χ1v) is 3.54. The van der Waals surface area contributed by atoms with Crippen molar-refractivity contribution in [2.24, 2.45) is 0 Å². The van der Waals surface area contributed by atoms with Crippen molar-refractivity contribution in [1.82, 2.24) is 10.5 Å². The van der Waals surface area contributed by atoms with E-state index in [9.17, 15) is 4.79 Å². The Bertz CT molecular complexity index is 269. The summed E-state index contributed by atoms with van der Waals surface area (Å²) < 4.78 is 0. The van der Waals surface area contributed by atoms with Crippen molar-refractivity contribution < 1.29 is 9.63 Å². The average molecular weight is 166 g/mol. The maximum absolute atomic E-state index is 10.8. The summed E-state index contributed by atoms with van der Waals surface area (Å²) in [6, 6.07) is 3.30. The number of nitrogens with zero attached hydrogens (tertiary/aromatic N) is 1. The molecular formula is C8H10N2O2. The molecule has 12 heavy (non-hydrogen) atoms. The Kier molecular flexibility index (Phi) is 2.76. The summed E-state index contributed by atoms with van der Waals surface area (Å²) in [5.41, 5.74) is 2.95. The van der Waals surface area contributed by atoms with Crippen molar-refractivity contribution >= 4 is 5.78 Å². The van der Waals surface area contributed by atoms with E-state index >= 15 is 0 Å². The molecule has 0 unspecified atom stereocenters. The number of hydroxylamine groups is 1. The van der Waals surface area contributed by atoms with Gasteiger partial charge in [0.15, 0.2) is 11.5 Å². The van der Waals surface area contributed by atoms with Crippen molar-refractivity contribution in [3.63, 3.8) is 0 Å². The van der Waals surface area contributed by atoms with Crippen molar-refractivity contribution in [1.29, 1.82) is 0 Å². The van der Waals surface area contributed by atoms with Crippen molar-refractivity contribution in [3.05, 3.63) is 24.0 Å². The van der Waals surface area contributed by atoms with Gasteiger partial charge in [-0.25, -0.2) is 4.98 Å². The van der Waals surface area contributed by atoms with Crippen molar-refractivity contribution in [2.75, 3.05) is 7.05 Å². The monoisotopic (exact) mass is 166 g/mol. The molecule has 0 aliphatic carbocycles. The van der Waals surface area contributed by atoms with E-state index in [1.165, 1.54) is 13.1 Å². The number of pyridine rings is 1. The highest BCUT2D eigenvalue weighted by molar-refractivity contribution is 5.92. The lowest BCUT2D eigenvalue weighted by Crippen LogP contribution is -2.11. The molecule has 4 nitrogen and oxygen atoms in total. The second kappa shape index (κ2) is 3.82. The lowest BCUT2D eigenvalue weighted by molar-refractivity contribution is 0.101. The fourth-order valence-electron chi connectivity index (χ4n) is 0.767. The third-order valence-corrected chi connectivity index (χ3v) is 1.32. The lowest BCUT2D eigenvalue weighted by atomic mass is 10.3. The highest BCUT2D eigenvalue weighted by Crippen LogP contribution is 2.07. The number of nitrogens with one attached hydrogen (secondary N) is 1. The Morgan fingerprint density at radius 2 is 2.33 bits per heavy atom. The molecular weight excluding hydrogens is 156 g/mol. The Labute approximate surface area is 70.5 Å². The fraction of sp³-hybridized carbons (Fsp3) is 0.250. The third-order valence-electron chi connectivity index (χ3n) is 1.32. The zero-order chi connectivity index (χ0) is 8.97. The van der Waals surface area contributed by atoms with E-state index in [0.717, 1.165) is 0 Å². The van der Waals surface area contributed by atoms with Crippen LogP contribution >= 0.6 is 0 Å². The molecule has 0 saturated carbocycles. The molecule has 0 amide bonds. The van der Waals surface area contributed by atoms with Crippen LogP contribution in [0.4, 0.5) is 0 Å². The first kappa shape index (κ1) is 8.67. The third kappa shape index (κ3) is 2.03. The largest absolute Gasteiger partial charge is 0.407 e. The first-order chi connectivity index (χ1) is 5.74. The van der Waals surface area contributed by atoms with E-state index in [4.69, 9.17) is 4.84 Å². The van der Waals surface area contributed by atoms with Gasteiger partial charge in [-0.05, 0) is 12.1 Å². The second-order valence-corrected chi connectivity index (χ2v) is 2.24. The SMILES string of the molecule is CNOc1ccc(C(C)=O)nc1. The molecule has 1 N–H and O–H groups in total. The molecule has 0 fully saturated rings. The van der Waals surface area contributed by atoms with Crippen LogP contribution in [-0.4, -0.2) is 17.8 Å². The van der Waals surface area contributed by atoms with Gasteiger partial charge in [-0.2, -0.15) is 5.48 Å². The Hall–Kier alpha value is -1.42. The van der Waals surface area contributed by atoms with Crippen LogP contribution in [0.2, 0.25) is 0 Å². The molecule has 64 valence electrons. The maximum Gasteiger partial charge on any atom is 0.178 e. The summed E-state index contributed by atoms with van der Waals surface area (Å²) >= 11 is 0. The minimum Gasteiger partial charge on any atom is -0.407 e. The minimum absolute atomic E-state index is 0.0500. The van der Waals surface area contributed by atoms with Crippen LogP contribution in [0, 0.1) is 0 Å². The average Bonchev–Trinajstić information content (AvgIpc) is 2.06. The zero-order valence-electron chi connectivity index (χ0n) is 7.00. The quantitative estimate of drug-likeness (QED) is 0.533. The summed E-state index contributed by atoms with van der Waals surface area (Å²) in [4.78, 5) is 19.6. The summed E-state index contributed by atoms with van der Waals surface area (Å²) in [7, 11) is 1.65. The van der Waals surface area contributed by atoms with Gasteiger partial charge in [0.25, 0.3) is 0 Å². The van der Waals surface area contributed by atoms with E-state index in [0.29, 0.717) is 11.4 Å². The second-order valence-electron chi connectivity index (χ2n) is 2.24. The highest BCUT2D eigenvalue weighted by Gasteiger charge is 1.99.